The molecule has 0 bridgehead atoms. The minimum Gasteiger partial charge on any atom is -0.481 e. The predicted molar refractivity (Wildman–Crippen MR) is 58.7 cm³/mol. The molecule has 0 saturated carbocycles. The van der Waals surface area contributed by atoms with Crippen LogP contribution in [-0.4, -0.2) is 55.4 Å². The standard InChI is InChI=1S/C9H17NO5S/c1-6(9(12)13)5-10(3)8(11)7(2)16(4,14)15/h6-7H,5H2,1-4H3,(H,12,13). The molecule has 16 heavy (non-hydrogen) atoms. The summed E-state index contributed by atoms with van der Waals surface area (Å²) in [5, 5.41) is 7.51. The van der Waals surface area contributed by atoms with Crippen LogP contribution in [0.2, 0.25) is 0 Å². The third-order valence-corrected chi connectivity index (χ3v) is 3.82. The number of sulfone groups is 1. The zero-order valence-corrected chi connectivity index (χ0v) is 10.6. The molecule has 0 aliphatic rings. The van der Waals surface area contributed by atoms with E-state index in [4.69, 9.17) is 5.11 Å². The topological polar surface area (TPSA) is 91.8 Å². The summed E-state index contributed by atoms with van der Waals surface area (Å²) >= 11 is 0. The van der Waals surface area contributed by atoms with Crippen LogP contribution in [0.5, 0.6) is 0 Å². The summed E-state index contributed by atoms with van der Waals surface area (Å²) in [6.45, 7) is 2.74. The molecule has 0 radical (unpaired) electrons. The summed E-state index contributed by atoms with van der Waals surface area (Å²) in [6.07, 6.45) is 0.976. The summed E-state index contributed by atoms with van der Waals surface area (Å²) in [5.41, 5.74) is 0. The summed E-state index contributed by atoms with van der Waals surface area (Å²) in [7, 11) is -2.05. The first-order valence-electron chi connectivity index (χ1n) is 4.74. The van der Waals surface area contributed by atoms with E-state index in [1.807, 2.05) is 0 Å². The van der Waals surface area contributed by atoms with Crippen molar-refractivity contribution in [2.45, 2.75) is 19.1 Å². The fraction of sp³-hybridized carbons (Fsp3) is 0.778. The van der Waals surface area contributed by atoms with E-state index in [9.17, 15) is 18.0 Å². The van der Waals surface area contributed by atoms with Gasteiger partial charge >= 0.3 is 5.97 Å². The first kappa shape index (κ1) is 14.9. The lowest BCUT2D eigenvalue weighted by atomic mass is 10.2. The number of carboxylic acids is 1. The SMILES string of the molecule is CC(CN(C)C(=O)C(C)S(C)(=O)=O)C(=O)O. The monoisotopic (exact) mass is 251 g/mol. The molecule has 0 fully saturated rings. The number of hydrogen-bond donors (Lipinski definition) is 1. The fourth-order valence-corrected chi connectivity index (χ4v) is 1.62. The smallest absolute Gasteiger partial charge is 0.308 e. The van der Waals surface area contributed by atoms with E-state index in [-0.39, 0.29) is 6.54 Å². The van der Waals surface area contributed by atoms with Crippen LogP contribution >= 0.6 is 0 Å². The molecule has 0 aromatic heterocycles. The van der Waals surface area contributed by atoms with E-state index < -0.39 is 32.9 Å². The molecule has 1 N–H and O–H groups in total. The van der Waals surface area contributed by atoms with Crippen LogP contribution in [0.1, 0.15) is 13.8 Å². The number of aliphatic carboxylic acids is 1. The number of carboxylic acid groups (broad SMARTS) is 1. The largest absolute Gasteiger partial charge is 0.481 e. The van der Waals surface area contributed by atoms with Gasteiger partial charge in [0.25, 0.3) is 0 Å². The van der Waals surface area contributed by atoms with Crippen molar-refractivity contribution < 1.29 is 23.1 Å². The van der Waals surface area contributed by atoms with Gasteiger partial charge in [-0.2, -0.15) is 0 Å². The van der Waals surface area contributed by atoms with Crippen molar-refractivity contribution in [3.63, 3.8) is 0 Å². The Hall–Kier alpha value is -1.11. The second kappa shape index (κ2) is 5.29. The average molecular weight is 251 g/mol. The number of rotatable bonds is 5. The zero-order chi connectivity index (χ0) is 13.1. The number of carbonyl (C=O) groups excluding carboxylic acids is 1. The van der Waals surface area contributed by atoms with Gasteiger partial charge in [0.2, 0.25) is 5.91 Å². The van der Waals surface area contributed by atoms with Crippen LogP contribution in [0.4, 0.5) is 0 Å². The van der Waals surface area contributed by atoms with Crippen molar-refractivity contribution in [1.29, 1.82) is 0 Å². The third kappa shape index (κ3) is 4.18. The lowest BCUT2D eigenvalue weighted by Crippen LogP contribution is -2.41. The first-order chi connectivity index (χ1) is 7.07. The predicted octanol–water partition coefficient (Wildman–Crippen LogP) is -0.401. The number of nitrogens with zero attached hydrogens (tertiary/aromatic N) is 1. The number of hydrogen-bond acceptors (Lipinski definition) is 4. The molecular weight excluding hydrogens is 234 g/mol. The Morgan fingerprint density at radius 3 is 2.06 bits per heavy atom. The van der Waals surface area contributed by atoms with E-state index in [1.54, 1.807) is 0 Å². The van der Waals surface area contributed by atoms with E-state index in [0.717, 1.165) is 11.2 Å². The van der Waals surface area contributed by atoms with Gasteiger partial charge in [0, 0.05) is 19.8 Å². The summed E-state index contributed by atoms with van der Waals surface area (Å²) < 4.78 is 22.3. The molecule has 0 heterocycles. The Morgan fingerprint density at radius 1 is 1.31 bits per heavy atom. The van der Waals surface area contributed by atoms with Gasteiger partial charge in [-0.15, -0.1) is 0 Å². The molecule has 0 saturated heterocycles. The zero-order valence-electron chi connectivity index (χ0n) is 9.80. The van der Waals surface area contributed by atoms with Crippen molar-refractivity contribution >= 4 is 21.7 Å². The summed E-state index contributed by atoms with van der Waals surface area (Å²) in [4.78, 5) is 23.3. The maximum Gasteiger partial charge on any atom is 0.308 e. The van der Waals surface area contributed by atoms with Gasteiger partial charge in [0.15, 0.2) is 9.84 Å². The minimum absolute atomic E-state index is 0.00593. The van der Waals surface area contributed by atoms with Crippen LogP contribution < -0.4 is 0 Å². The number of carbonyl (C=O) groups is 2. The molecule has 0 aromatic carbocycles. The highest BCUT2D eigenvalue weighted by molar-refractivity contribution is 7.92. The molecule has 94 valence electrons. The van der Waals surface area contributed by atoms with E-state index in [1.165, 1.54) is 20.9 Å². The van der Waals surface area contributed by atoms with Gasteiger partial charge in [-0.1, -0.05) is 6.92 Å². The maximum absolute atomic E-state index is 11.6. The highest BCUT2D eigenvalue weighted by Gasteiger charge is 2.28. The van der Waals surface area contributed by atoms with E-state index >= 15 is 0 Å². The molecule has 2 unspecified atom stereocenters. The summed E-state index contributed by atoms with van der Waals surface area (Å²) in [5.74, 6) is -2.33. The lowest BCUT2D eigenvalue weighted by molar-refractivity contribution is -0.142. The van der Waals surface area contributed by atoms with Crippen molar-refractivity contribution in [3.8, 4) is 0 Å². The van der Waals surface area contributed by atoms with Crippen LogP contribution in [0.25, 0.3) is 0 Å². The van der Waals surface area contributed by atoms with Gasteiger partial charge in [-0.05, 0) is 6.92 Å². The molecule has 7 heteroatoms. The maximum atomic E-state index is 11.6. The van der Waals surface area contributed by atoms with Gasteiger partial charge < -0.3 is 10.0 Å². The van der Waals surface area contributed by atoms with Crippen LogP contribution in [0.3, 0.4) is 0 Å². The quantitative estimate of drug-likeness (QED) is 0.717. The Labute approximate surface area is 95.2 Å². The third-order valence-electron chi connectivity index (χ3n) is 2.34. The molecule has 0 rings (SSSR count). The van der Waals surface area contributed by atoms with Crippen LogP contribution in [-0.2, 0) is 19.4 Å². The average Bonchev–Trinajstić information content (AvgIpc) is 2.13. The van der Waals surface area contributed by atoms with Crippen molar-refractivity contribution in [2.24, 2.45) is 5.92 Å². The fourth-order valence-electron chi connectivity index (χ4n) is 1.07. The molecule has 0 spiro atoms. The second-order valence-corrected chi connectivity index (χ2v) is 6.30. The lowest BCUT2D eigenvalue weighted by Gasteiger charge is -2.22. The molecule has 0 aliphatic carbocycles. The number of amides is 1. The Bertz CT molecular complexity index is 375. The molecule has 1 amide bonds. The highest BCUT2D eigenvalue weighted by Crippen LogP contribution is 2.05. The molecule has 6 nitrogen and oxygen atoms in total. The van der Waals surface area contributed by atoms with Crippen LogP contribution in [0, 0.1) is 5.92 Å². The molecule has 0 aromatic rings. The van der Waals surface area contributed by atoms with Gasteiger partial charge in [0.05, 0.1) is 5.92 Å². The molecular formula is C9H17NO5S. The Morgan fingerprint density at radius 2 is 1.75 bits per heavy atom. The van der Waals surface area contributed by atoms with Crippen LogP contribution in [0.15, 0.2) is 0 Å². The van der Waals surface area contributed by atoms with Gasteiger partial charge in [-0.25, -0.2) is 8.42 Å². The Kier molecular flexibility index (Phi) is 4.92. The normalized spacial score (nSPS) is 15.2. The van der Waals surface area contributed by atoms with Crippen molar-refractivity contribution in [2.75, 3.05) is 19.8 Å². The van der Waals surface area contributed by atoms with Gasteiger partial charge in [0.1, 0.15) is 5.25 Å². The highest BCUT2D eigenvalue weighted by atomic mass is 32.2. The molecule has 2 atom stereocenters. The first-order valence-corrected chi connectivity index (χ1v) is 6.69. The van der Waals surface area contributed by atoms with Crippen molar-refractivity contribution in [1.82, 2.24) is 4.90 Å². The van der Waals surface area contributed by atoms with Crippen molar-refractivity contribution in [3.05, 3.63) is 0 Å². The van der Waals surface area contributed by atoms with E-state index in [0.29, 0.717) is 0 Å². The minimum atomic E-state index is -3.44. The van der Waals surface area contributed by atoms with Gasteiger partial charge in [-0.3, -0.25) is 9.59 Å². The second-order valence-electron chi connectivity index (χ2n) is 3.93. The molecule has 0 aliphatic heterocycles. The summed E-state index contributed by atoms with van der Waals surface area (Å²) in [6, 6.07) is 0. The Balaban J connectivity index is 4.58. The van der Waals surface area contributed by atoms with E-state index in [2.05, 4.69) is 0 Å².